The molecule has 1 aromatic heterocycles. The highest BCUT2D eigenvalue weighted by Crippen LogP contribution is 2.30. The zero-order valence-electron chi connectivity index (χ0n) is 11.1. The van der Waals surface area contributed by atoms with E-state index in [0.717, 1.165) is 30.6 Å². The zero-order valence-corrected chi connectivity index (χ0v) is 12.7. The monoisotopic (exact) mass is 283 g/mol. The van der Waals surface area contributed by atoms with Crippen LogP contribution < -0.4 is 5.32 Å². The lowest BCUT2D eigenvalue weighted by Crippen LogP contribution is -2.23. The summed E-state index contributed by atoms with van der Waals surface area (Å²) in [6, 6.07) is 0. The first-order chi connectivity index (χ1) is 8.83. The first-order valence-electron chi connectivity index (χ1n) is 6.65. The van der Waals surface area contributed by atoms with Crippen LogP contribution in [0.5, 0.6) is 0 Å². The summed E-state index contributed by atoms with van der Waals surface area (Å²) in [5, 5.41) is 7.35. The Kier molecular flexibility index (Phi) is 5.50. The average molecular weight is 283 g/mol. The minimum atomic E-state index is 0.682. The van der Waals surface area contributed by atoms with Gasteiger partial charge in [0, 0.05) is 23.6 Å². The molecule has 5 heteroatoms. The van der Waals surface area contributed by atoms with E-state index in [-0.39, 0.29) is 0 Å². The fraction of sp³-hybridized carbons (Fsp3) is 0.692. The van der Waals surface area contributed by atoms with E-state index in [1.807, 2.05) is 17.3 Å². The van der Waals surface area contributed by atoms with E-state index < -0.39 is 0 Å². The van der Waals surface area contributed by atoms with E-state index in [4.69, 9.17) is 0 Å². The Balaban J connectivity index is 1.69. The summed E-state index contributed by atoms with van der Waals surface area (Å²) >= 11 is 3.58. The van der Waals surface area contributed by atoms with E-state index in [9.17, 15) is 0 Å². The number of nitrogens with zero attached hydrogens (tertiary/aromatic N) is 2. The summed E-state index contributed by atoms with van der Waals surface area (Å²) in [5.41, 5.74) is 3.06. The molecule has 1 unspecified atom stereocenters. The van der Waals surface area contributed by atoms with Gasteiger partial charge in [-0.2, -0.15) is 0 Å². The summed E-state index contributed by atoms with van der Waals surface area (Å²) in [6.07, 6.45) is 3.50. The van der Waals surface area contributed by atoms with Crippen molar-refractivity contribution in [2.24, 2.45) is 10.9 Å². The predicted octanol–water partition coefficient (Wildman–Crippen LogP) is 3.18. The fourth-order valence-corrected chi connectivity index (χ4v) is 4.15. The van der Waals surface area contributed by atoms with Crippen molar-refractivity contribution in [2.75, 3.05) is 13.1 Å². The summed E-state index contributed by atoms with van der Waals surface area (Å²) in [4.78, 5) is 8.89. The Morgan fingerprint density at radius 2 is 2.28 bits per heavy atom. The quantitative estimate of drug-likeness (QED) is 0.871. The van der Waals surface area contributed by atoms with Crippen LogP contribution in [0.3, 0.4) is 0 Å². The van der Waals surface area contributed by atoms with Crippen molar-refractivity contribution in [1.29, 1.82) is 0 Å². The highest BCUT2D eigenvalue weighted by molar-refractivity contribution is 8.14. The lowest BCUT2D eigenvalue weighted by molar-refractivity contribution is 0.479. The lowest BCUT2D eigenvalue weighted by atomic mass is 9.99. The number of nitrogens with one attached hydrogen (secondary N) is 1. The van der Waals surface area contributed by atoms with Crippen LogP contribution in [0.15, 0.2) is 15.9 Å². The van der Waals surface area contributed by atoms with E-state index in [2.05, 4.69) is 34.5 Å². The number of hydrogen-bond donors (Lipinski definition) is 1. The predicted molar refractivity (Wildman–Crippen MR) is 81.6 cm³/mol. The number of hydrogen-bond acceptors (Lipinski definition) is 5. The highest BCUT2D eigenvalue weighted by atomic mass is 32.2. The number of thioether (sulfide) groups is 1. The minimum Gasteiger partial charge on any atom is -0.365 e. The van der Waals surface area contributed by atoms with Crippen molar-refractivity contribution in [3.63, 3.8) is 0 Å². The Hall–Kier alpha value is -0.550. The average Bonchev–Trinajstić information content (AvgIpc) is 3.03. The molecule has 100 valence electrons. The molecule has 0 amide bonds. The van der Waals surface area contributed by atoms with Crippen molar-refractivity contribution < 1.29 is 0 Å². The molecule has 1 aliphatic heterocycles. The maximum atomic E-state index is 4.60. The molecule has 2 heterocycles. The first kappa shape index (κ1) is 13.9. The van der Waals surface area contributed by atoms with Gasteiger partial charge in [0.15, 0.2) is 5.17 Å². The van der Waals surface area contributed by atoms with Crippen LogP contribution in [0.4, 0.5) is 0 Å². The van der Waals surface area contributed by atoms with Gasteiger partial charge in [0.1, 0.15) is 0 Å². The lowest BCUT2D eigenvalue weighted by Gasteiger charge is -2.18. The molecule has 0 saturated carbocycles. The van der Waals surface area contributed by atoms with E-state index >= 15 is 0 Å². The number of rotatable bonds is 6. The molecule has 0 aliphatic carbocycles. The standard InChI is InChI=1S/C13H21N3S2/c1-3-10(4-2)12-7-15-13(18-12)14-6-5-11-8-17-9-16-11/h8-10,12H,3-7H2,1-2H3,(H,14,15). The van der Waals surface area contributed by atoms with Crippen molar-refractivity contribution in [1.82, 2.24) is 10.3 Å². The van der Waals surface area contributed by atoms with E-state index in [1.165, 1.54) is 18.5 Å². The molecule has 0 saturated heterocycles. The fourth-order valence-electron chi connectivity index (χ4n) is 2.21. The topological polar surface area (TPSA) is 37.3 Å². The number of thiazole rings is 1. The van der Waals surface area contributed by atoms with E-state index in [1.54, 1.807) is 11.3 Å². The Bertz CT molecular complexity index is 372. The van der Waals surface area contributed by atoms with Crippen LogP contribution >= 0.6 is 23.1 Å². The van der Waals surface area contributed by atoms with Crippen LogP contribution in [0.25, 0.3) is 0 Å². The van der Waals surface area contributed by atoms with Gasteiger partial charge in [-0.3, -0.25) is 4.99 Å². The van der Waals surface area contributed by atoms with Gasteiger partial charge in [-0.15, -0.1) is 11.3 Å². The molecule has 1 aromatic rings. The molecule has 0 radical (unpaired) electrons. The molecule has 1 aliphatic rings. The van der Waals surface area contributed by atoms with Crippen molar-refractivity contribution >= 4 is 28.3 Å². The molecule has 1 atom stereocenters. The van der Waals surface area contributed by atoms with Crippen LogP contribution in [0.2, 0.25) is 0 Å². The Morgan fingerprint density at radius 1 is 1.44 bits per heavy atom. The van der Waals surface area contributed by atoms with Crippen molar-refractivity contribution in [2.45, 2.75) is 38.4 Å². The van der Waals surface area contributed by atoms with Gasteiger partial charge in [0.2, 0.25) is 0 Å². The summed E-state index contributed by atoms with van der Waals surface area (Å²) in [5.74, 6) is 0.802. The second kappa shape index (κ2) is 7.14. The van der Waals surface area contributed by atoms with Crippen LogP contribution in [0, 0.1) is 5.92 Å². The SMILES string of the molecule is CCC(CC)C1CN=C(NCCc2cscn2)S1. The van der Waals surface area contributed by atoms with Crippen LogP contribution in [-0.2, 0) is 6.42 Å². The maximum absolute atomic E-state index is 4.60. The normalized spacial score (nSPS) is 19.3. The number of amidine groups is 1. The summed E-state index contributed by atoms with van der Waals surface area (Å²) < 4.78 is 0. The zero-order chi connectivity index (χ0) is 12.8. The molecule has 0 spiro atoms. The molecular weight excluding hydrogens is 262 g/mol. The van der Waals surface area contributed by atoms with Gasteiger partial charge >= 0.3 is 0 Å². The third-order valence-electron chi connectivity index (χ3n) is 3.39. The molecule has 0 fully saturated rings. The molecule has 0 aromatic carbocycles. The third kappa shape index (κ3) is 3.72. The molecule has 0 bridgehead atoms. The number of aliphatic imine (C=N–C) groups is 1. The highest BCUT2D eigenvalue weighted by Gasteiger charge is 2.25. The summed E-state index contributed by atoms with van der Waals surface area (Å²) in [7, 11) is 0. The third-order valence-corrected chi connectivity index (χ3v) is 5.36. The maximum Gasteiger partial charge on any atom is 0.156 e. The molecule has 18 heavy (non-hydrogen) atoms. The Morgan fingerprint density at radius 3 is 2.94 bits per heavy atom. The minimum absolute atomic E-state index is 0.682. The first-order valence-corrected chi connectivity index (χ1v) is 8.47. The van der Waals surface area contributed by atoms with Gasteiger partial charge in [0.25, 0.3) is 0 Å². The van der Waals surface area contributed by atoms with Gasteiger partial charge in [-0.05, 0) is 5.92 Å². The van der Waals surface area contributed by atoms with Gasteiger partial charge in [-0.1, -0.05) is 38.5 Å². The molecular formula is C13H21N3S2. The van der Waals surface area contributed by atoms with Crippen LogP contribution in [0.1, 0.15) is 32.4 Å². The number of aromatic nitrogens is 1. The van der Waals surface area contributed by atoms with Gasteiger partial charge < -0.3 is 5.32 Å². The van der Waals surface area contributed by atoms with Crippen molar-refractivity contribution in [3.8, 4) is 0 Å². The van der Waals surface area contributed by atoms with Crippen LogP contribution in [-0.4, -0.2) is 28.5 Å². The van der Waals surface area contributed by atoms with E-state index in [0.29, 0.717) is 5.25 Å². The molecule has 1 N–H and O–H groups in total. The van der Waals surface area contributed by atoms with Crippen molar-refractivity contribution in [3.05, 3.63) is 16.6 Å². The Labute approximate surface area is 118 Å². The molecule has 3 nitrogen and oxygen atoms in total. The second-order valence-electron chi connectivity index (χ2n) is 4.54. The summed E-state index contributed by atoms with van der Waals surface area (Å²) in [6.45, 7) is 6.48. The van der Waals surface area contributed by atoms with Gasteiger partial charge in [0.05, 0.1) is 17.7 Å². The second-order valence-corrected chi connectivity index (χ2v) is 6.48. The molecule has 2 rings (SSSR count). The largest absolute Gasteiger partial charge is 0.365 e. The smallest absolute Gasteiger partial charge is 0.156 e. The van der Waals surface area contributed by atoms with Gasteiger partial charge in [-0.25, -0.2) is 4.98 Å².